The van der Waals surface area contributed by atoms with Crippen molar-refractivity contribution in [3.63, 3.8) is 0 Å². The van der Waals surface area contributed by atoms with Gasteiger partial charge in [-0.1, -0.05) is 38.8 Å². The molecule has 4 rings (SSSR count). The van der Waals surface area contributed by atoms with E-state index in [4.69, 9.17) is 5.11 Å². The highest BCUT2D eigenvalue weighted by Crippen LogP contribution is 2.36. The summed E-state index contributed by atoms with van der Waals surface area (Å²) < 4.78 is 17.2. The summed E-state index contributed by atoms with van der Waals surface area (Å²) in [4.78, 5) is 15.7. The van der Waals surface area contributed by atoms with Crippen LogP contribution in [-0.4, -0.2) is 30.8 Å². The molecule has 0 fully saturated rings. The predicted molar refractivity (Wildman–Crippen MR) is 114 cm³/mol. The van der Waals surface area contributed by atoms with Gasteiger partial charge in [-0.3, -0.25) is 0 Å². The molecular formula is C22H21FN4O2S. The van der Waals surface area contributed by atoms with Crippen molar-refractivity contribution in [3.8, 4) is 10.6 Å². The zero-order valence-electron chi connectivity index (χ0n) is 16.6. The van der Waals surface area contributed by atoms with Gasteiger partial charge < -0.3 is 9.67 Å². The van der Waals surface area contributed by atoms with Crippen molar-refractivity contribution in [2.75, 3.05) is 0 Å². The maximum Gasteiger partial charge on any atom is 0.338 e. The number of fused-ring (bicyclic) bond motifs is 1. The Labute approximate surface area is 177 Å². The summed E-state index contributed by atoms with van der Waals surface area (Å²) in [7, 11) is 0. The van der Waals surface area contributed by atoms with Crippen molar-refractivity contribution in [2.45, 2.75) is 32.7 Å². The molecule has 0 bridgehead atoms. The molecule has 1 N–H and O–H groups in total. The summed E-state index contributed by atoms with van der Waals surface area (Å²) in [5, 5.41) is 17.6. The topological polar surface area (TPSA) is 80.9 Å². The molecule has 0 saturated carbocycles. The van der Waals surface area contributed by atoms with E-state index >= 15 is 0 Å². The lowest BCUT2D eigenvalue weighted by Gasteiger charge is -2.26. The summed E-state index contributed by atoms with van der Waals surface area (Å²) in [5.41, 5.74) is 2.20. The molecule has 2 aromatic heterocycles. The van der Waals surface area contributed by atoms with E-state index in [2.05, 4.69) is 41.2 Å². The molecule has 0 aliphatic rings. The van der Waals surface area contributed by atoms with Crippen molar-refractivity contribution in [3.05, 3.63) is 66.0 Å². The molecule has 2 aromatic carbocycles. The number of halogens is 1. The number of aromatic nitrogens is 4. The van der Waals surface area contributed by atoms with Crippen LogP contribution in [-0.2, 0) is 0 Å². The fourth-order valence-electron chi connectivity index (χ4n) is 3.85. The van der Waals surface area contributed by atoms with E-state index in [0.29, 0.717) is 16.5 Å². The Hall–Kier alpha value is -3.13. The summed E-state index contributed by atoms with van der Waals surface area (Å²) in [5.74, 6) is -1.61. The molecule has 0 saturated heterocycles. The molecule has 4 aromatic rings. The van der Waals surface area contributed by atoms with Crippen molar-refractivity contribution >= 4 is 27.5 Å². The van der Waals surface area contributed by atoms with Crippen LogP contribution in [0, 0.1) is 11.7 Å². The van der Waals surface area contributed by atoms with Crippen LogP contribution in [0.4, 0.5) is 4.39 Å². The van der Waals surface area contributed by atoms with Crippen molar-refractivity contribution in [1.29, 1.82) is 0 Å². The van der Waals surface area contributed by atoms with Crippen LogP contribution in [0.25, 0.3) is 20.8 Å². The quantitative estimate of drug-likeness (QED) is 0.429. The molecule has 0 spiro atoms. The smallest absolute Gasteiger partial charge is 0.338 e. The Morgan fingerprint density at radius 2 is 1.87 bits per heavy atom. The Morgan fingerprint density at radius 1 is 1.13 bits per heavy atom. The molecular weight excluding hydrogens is 403 g/mol. The van der Waals surface area contributed by atoms with Gasteiger partial charge in [0.05, 0.1) is 21.8 Å². The van der Waals surface area contributed by atoms with E-state index in [-0.39, 0.29) is 11.6 Å². The molecule has 2 heterocycles. The molecule has 30 heavy (non-hydrogen) atoms. The van der Waals surface area contributed by atoms with Crippen LogP contribution in [0.2, 0.25) is 0 Å². The van der Waals surface area contributed by atoms with Gasteiger partial charge in [-0.15, -0.1) is 21.5 Å². The third-order valence-electron chi connectivity index (χ3n) is 5.45. The van der Waals surface area contributed by atoms with Gasteiger partial charge in [-0.2, -0.15) is 0 Å². The first-order valence-corrected chi connectivity index (χ1v) is 10.6. The maximum absolute atomic E-state index is 14.1. The molecule has 154 valence electrons. The second kappa shape index (κ2) is 8.31. The number of hydrogen-bond donors (Lipinski definition) is 1. The lowest BCUT2D eigenvalue weighted by Crippen LogP contribution is -2.19. The summed E-state index contributed by atoms with van der Waals surface area (Å²) in [6, 6.07) is 10.4. The number of rotatable bonds is 7. The van der Waals surface area contributed by atoms with Crippen LogP contribution < -0.4 is 0 Å². The number of thiazole rings is 1. The zero-order chi connectivity index (χ0) is 21.3. The number of hydrogen-bond acceptors (Lipinski definition) is 5. The molecule has 0 amide bonds. The SMILES string of the molecule is CCC(CC)C(c1ccc2nc(-c3ccc(C(=O)O)c(F)c3)sc2c1)n1cnnc1. The fraction of sp³-hybridized carbons (Fsp3) is 0.273. The number of benzene rings is 2. The highest BCUT2D eigenvalue weighted by atomic mass is 32.1. The normalized spacial score (nSPS) is 12.5. The maximum atomic E-state index is 14.1. The summed E-state index contributed by atoms with van der Waals surface area (Å²) in [6.45, 7) is 4.37. The molecule has 1 atom stereocenters. The zero-order valence-corrected chi connectivity index (χ0v) is 17.4. The molecule has 6 nitrogen and oxygen atoms in total. The van der Waals surface area contributed by atoms with Gasteiger partial charge in [0.15, 0.2) is 0 Å². The van der Waals surface area contributed by atoms with E-state index in [1.54, 1.807) is 18.7 Å². The minimum absolute atomic E-state index is 0.122. The fourth-order valence-corrected chi connectivity index (χ4v) is 4.86. The van der Waals surface area contributed by atoms with Crippen molar-refractivity contribution < 1.29 is 14.3 Å². The highest BCUT2D eigenvalue weighted by molar-refractivity contribution is 7.21. The van der Waals surface area contributed by atoms with E-state index in [1.807, 2.05) is 10.6 Å². The van der Waals surface area contributed by atoms with Gasteiger partial charge in [0.2, 0.25) is 0 Å². The largest absolute Gasteiger partial charge is 0.478 e. The minimum atomic E-state index is -1.28. The highest BCUT2D eigenvalue weighted by Gasteiger charge is 2.23. The van der Waals surface area contributed by atoms with Crippen LogP contribution in [0.15, 0.2) is 49.1 Å². The van der Waals surface area contributed by atoms with Gasteiger partial charge in [0, 0.05) is 5.56 Å². The standard InChI is InChI=1S/C22H21FN4O2S/c1-3-13(4-2)20(27-11-24-25-12-27)14-6-8-18-19(10-14)30-21(26-18)15-5-7-16(22(28)29)17(23)9-15/h5-13,20H,3-4H2,1-2H3,(H,28,29). The summed E-state index contributed by atoms with van der Waals surface area (Å²) >= 11 is 1.46. The van der Waals surface area contributed by atoms with E-state index in [9.17, 15) is 9.18 Å². The van der Waals surface area contributed by atoms with E-state index in [0.717, 1.165) is 28.6 Å². The van der Waals surface area contributed by atoms with Gasteiger partial charge in [0.1, 0.15) is 23.5 Å². The van der Waals surface area contributed by atoms with Crippen LogP contribution >= 0.6 is 11.3 Å². The lowest BCUT2D eigenvalue weighted by molar-refractivity contribution is 0.0692. The number of carboxylic acid groups (broad SMARTS) is 1. The Morgan fingerprint density at radius 3 is 2.50 bits per heavy atom. The van der Waals surface area contributed by atoms with Gasteiger partial charge in [-0.25, -0.2) is 14.2 Å². The van der Waals surface area contributed by atoms with Crippen molar-refractivity contribution in [2.24, 2.45) is 5.92 Å². The van der Waals surface area contributed by atoms with Crippen molar-refractivity contribution in [1.82, 2.24) is 19.7 Å². The molecule has 8 heteroatoms. The average Bonchev–Trinajstić information content (AvgIpc) is 3.40. The predicted octanol–water partition coefficient (Wildman–Crippen LogP) is 5.42. The number of carboxylic acids is 1. The first kappa shape index (κ1) is 20.2. The van der Waals surface area contributed by atoms with Gasteiger partial charge in [0.25, 0.3) is 0 Å². The van der Waals surface area contributed by atoms with E-state index < -0.39 is 11.8 Å². The Bertz CT molecular complexity index is 1190. The number of carbonyl (C=O) groups is 1. The van der Waals surface area contributed by atoms with Crippen LogP contribution in [0.5, 0.6) is 0 Å². The van der Waals surface area contributed by atoms with Crippen LogP contribution in [0.1, 0.15) is 48.7 Å². The van der Waals surface area contributed by atoms with Crippen LogP contribution in [0.3, 0.4) is 0 Å². The molecule has 0 radical (unpaired) electrons. The third kappa shape index (κ3) is 3.70. The van der Waals surface area contributed by atoms with Gasteiger partial charge >= 0.3 is 5.97 Å². The molecule has 1 unspecified atom stereocenters. The average molecular weight is 425 g/mol. The lowest BCUT2D eigenvalue weighted by atomic mass is 9.88. The first-order chi connectivity index (χ1) is 14.5. The summed E-state index contributed by atoms with van der Waals surface area (Å²) in [6.07, 6.45) is 5.55. The molecule has 0 aliphatic heterocycles. The second-order valence-electron chi connectivity index (χ2n) is 7.18. The minimum Gasteiger partial charge on any atom is -0.478 e. The third-order valence-corrected chi connectivity index (χ3v) is 6.52. The second-order valence-corrected chi connectivity index (χ2v) is 8.21. The Kier molecular flexibility index (Phi) is 5.59. The van der Waals surface area contributed by atoms with E-state index in [1.165, 1.54) is 23.5 Å². The molecule has 0 aliphatic carbocycles. The van der Waals surface area contributed by atoms with Gasteiger partial charge in [-0.05, 0) is 35.7 Å². The Balaban J connectivity index is 1.75. The number of aromatic carboxylic acids is 1. The first-order valence-electron chi connectivity index (χ1n) is 9.79. The monoisotopic (exact) mass is 424 g/mol. The number of nitrogens with zero attached hydrogens (tertiary/aromatic N) is 4.